The van der Waals surface area contributed by atoms with E-state index < -0.39 is 5.54 Å². The summed E-state index contributed by atoms with van der Waals surface area (Å²) in [5, 5.41) is 27.6. The molecule has 0 fully saturated rings. The third-order valence-corrected chi connectivity index (χ3v) is 10.4. The Balaban J connectivity index is 1.16. The van der Waals surface area contributed by atoms with Gasteiger partial charge in [0, 0.05) is 36.5 Å². The van der Waals surface area contributed by atoms with E-state index in [0.717, 1.165) is 60.6 Å². The van der Waals surface area contributed by atoms with E-state index in [1.54, 1.807) is 4.80 Å². The molecule has 1 amide bonds. The fraction of sp³-hybridized carbons (Fsp3) is 0.178. The summed E-state index contributed by atoms with van der Waals surface area (Å²) in [6, 6.07) is 49.3. The van der Waals surface area contributed by atoms with Crippen LogP contribution < -0.4 is 9.63 Å². The van der Waals surface area contributed by atoms with E-state index in [4.69, 9.17) is 15.4 Å². The van der Waals surface area contributed by atoms with Crippen LogP contribution in [0.1, 0.15) is 59.5 Å². The lowest BCUT2D eigenvalue weighted by atomic mass is 9.77. The lowest BCUT2D eigenvalue weighted by Crippen LogP contribution is -2.42. The van der Waals surface area contributed by atoms with Crippen molar-refractivity contribution >= 4 is 11.6 Å². The van der Waals surface area contributed by atoms with Crippen LogP contribution in [0.3, 0.4) is 0 Å². The van der Waals surface area contributed by atoms with Crippen LogP contribution in [0, 0.1) is 5.21 Å². The van der Waals surface area contributed by atoms with Crippen molar-refractivity contribution in [2.75, 3.05) is 4.90 Å². The van der Waals surface area contributed by atoms with Crippen molar-refractivity contribution < 1.29 is 9.52 Å². The second-order valence-corrected chi connectivity index (χ2v) is 13.4. The number of anilines is 1. The molecule has 1 aliphatic heterocycles. The molecule has 0 unspecified atom stereocenters. The van der Waals surface area contributed by atoms with E-state index in [1.165, 1.54) is 0 Å². The van der Waals surface area contributed by atoms with Gasteiger partial charge in [-0.3, -0.25) is 4.79 Å². The molecule has 2 aromatic heterocycles. The maximum atomic E-state index is 13.3. The van der Waals surface area contributed by atoms with Crippen molar-refractivity contribution in [1.29, 1.82) is 0 Å². The molecule has 7 aromatic rings. The van der Waals surface area contributed by atoms with Crippen molar-refractivity contribution in [1.82, 2.24) is 20.2 Å². The van der Waals surface area contributed by atoms with Crippen LogP contribution in [-0.4, -0.2) is 26.1 Å². The minimum atomic E-state index is -0.875. The number of rotatable bonds is 10. The quantitative estimate of drug-likeness (QED) is 0.0820. The number of carbonyl (C=O) groups excluding carboxylic acids is 1. The van der Waals surface area contributed by atoms with Gasteiger partial charge in [0.2, 0.25) is 11.7 Å². The molecule has 0 radical (unpaired) electrons. The van der Waals surface area contributed by atoms with Crippen LogP contribution >= 0.6 is 0 Å². The molecule has 0 saturated heterocycles. The zero-order chi connectivity index (χ0) is 36.4. The molecule has 0 saturated carbocycles. The molecule has 5 aromatic carbocycles. The van der Waals surface area contributed by atoms with Gasteiger partial charge in [-0.2, -0.15) is 4.73 Å². The third kappa shape index (κ3) is 5.96. The molecule has 0 N–H and O–H groups in total. The van der Waals surface area contributed by atoms with E-state index in [2.05, 4.69) is 66.7 Å². The molecule has 0 atom stereocenters. The van der Waals surface area contributed by atoms with Gasteiger partial charge < -0.3 is 10.1 Å². The highest BCUT2D eigenvalue weighted by Crippen LogP contribution is 2.40. The van der Waals surface area contributed by atoms with Crippen molar-refractivity contribution in [3.05, 3.63) is 190 Å². The van der Waals surface area contributed by atoms with Crippen LogP contribution in [0.2, 0.25) is 0 Å². The molecule has 53 heavy (non-hydrogen) atoms. The average molecular weight is 697 g/mol. The Labute approximate surface area is 309 Å². The number of pyridine rings is 1. The molecule has 0 spiro atoms. The number of benzene rings is 5. The number of nitrogens with zero attached hydrogens (tertiary/aromatic N) is 6. The highest BCUT2D eigenvalue weighted by atomic mass is 16.5. The number of tetrazole rings is 1. The summed E-state index contributed by atoms with van der Waals surface area (Å²) < 4.78 is 1.07. The van der Waals surface area contributed by atoms with Gasteiger partial charge in [0.1, 0.15) is 0 Å². The average Bonchev–Trinajstić information content (AvgIpc) is 3.71. The summed E-state index contributed by atoms with van der Waals surface area (Å²) in [5.74, 6) is 0.591. The van der Waals surface area contributed by atoms with Crippen molar-refractivity contribution in [3.8, 4) is 22.5 Å². The lowest BCUT2D eigenvalue weighted by molar-refractivity contribution is -0.622. The van der Waals surface area contributed by atoms with Gasteiger partial charge in [-0.1, -0.05) is 153 Å². The van der Waals surface area contributed by atoms with Gasteiger partial charge in [-0.25, -0.2) is 0 Å². The van der Waals surface area contributed by atoms with Crippen LogP contribution in [0.4, 0.5) is 5.69 Å². The van der Waals surface area contributed by atoms with E-state index in [-0.39, 0.29) is 5.91 Å². The first-order chi connectivity index (χ1) is 26.0. The second-order valence-electron chi connectivity index (χ2n) is 13.4. The van der Waals surface area contributed by atoms with Gasteiger partial charge in [0.05, 0.1) is 12.2 Å². The van der Waals surface area contributed by atoms with Crippen molar-refractivity contribution in [2.24, 2.45) is 0 Å². The van der Waals surface area contributed by atoms with Gasteiger partial charge >= 0.3 is 0 Å². The number of amides is 1. The molecular formula is C45H40N6O2. The summed E-state index contributed by atoms with van der Waals surface area (Å²) in [6.45, 7) is 4.41. The van der Waals surface area contributed by atoms with Gasteiger partial charge in [-0.15, -0.1) is 15.0 Å². The van der Waals surface area contributed by atoms with E-state index >= 15 is 0 Å². The maximum Gasteiger partial charge on any atom is 0.227 e. The first-order valence-corrected chi connectivity index (χ1v) is 18.3. The SMILES string of the molecule is CCc1cc2c(c(CC)[n+]1[O-])CCC(=O)N2Cc1ccc(-c2ccccc2-c2nnn(C(c3ccccc3)(c3ccccc3)c3ccccc3)n2)cc1. The molecular weight excluding hydrogens is 657 g/mol. The van der Waals surface area contributed by atoms with Crippen molar-refractivity contribution in [3.63, 3.8) is 0 Å². The Morgan fingerprint density at radius 3 is 1.83 bits per heavy atom. The highest BCUT2D eigenvalue weighted by molar-refractivity contribution is 5.96. The number of aryl methyl sites for hydroxylation is 1. The van der Waals surface area contributed by atoms with Crippen molar-refractivity contribution in [2.45, 2.75) is 51.6 Å². The Bertz CT molecular complexity index is 2280. The molecule has 1 aliphatic rings. The molecule has 3 heterocycles. The zero-order valence-electron chi connectivity index (χ0n) is 29.9. The Morgan fingerprint density at radius 2 is 1.26 bits per heavy atom. The van der Waals surface area contributed by atoms with E-state index in [0.29, 0.717) is 43.7 Å². The van der Waals surface area contributed by atoms with Crippen LogP contribution in [0.5, 0.6) is 0 Å². The van der Waals surface area contributed by atoms with Crippen LogP contribution in [-0.2, 0) is 36.1 Å². The Kier molecular flexibility index (Phi) is 9.10. The predicted octanol–water partition coefficient (Wildman–Crippen LogP) is 8.08. The van der Waals surface area contributed by atoms with Gasteiger partial charge in [-0.05, 0) is 45.0 Å². The fourth-order valence-corrected chi connectivity index (χ4v) is 7.79. The van der Waals surface area contributed by atoms with E-state index in [9.17, 15) is 10.0 Å². The summed E-state index contributed by atoms with van der Waals surface area (Å²) in [4.78, 5) is 16.9. The second kappa shape index (κ2) is 14.3. The molecule has 0 aliphatic carbocycles. The minimum absolute atomic E-state index is 0.0754. The summed E-state index contributed by atoms with van der Waals surface area (Å²) in [7, 11) is 0. The molecule has 0 bridgehead atoms. The van der Waals surface area contributed by atoms with Gasteiger partial charge in [0.25, 0.3) is 0 Å². The smallest absolute Gasteiger partial charge is 0.227 e. The van der Waals surface area contributed by atoms with E-state index in [1.807, 2.05) is 97.6 Å². The number of hydrogen-bond donors (Lipinski definition) is 0. The Morgan fingerprint density at radius 1 is 0.698 bits per heavy atom. The summed E-state index contributed by atoms with van der Waals surface area (Å²) >= 11 is 0. The fourth-order valence-electron chi connectivity index (χ4n) is 7.79. The lowest BCUT2D eigenvalue weighted by Gasteiger charge is -2.34. The molecule has 8 rings (SSSR count). The topological polar surface area (TPSA) is 90.9 Å². The first-order valence-electron chi connectivity index (χ1n) is 18.3. The monoisotopic (exact) mass is 696 g/mol. The maximum absolute atomic E-state index is 13.3. The molecule has 8 nitrogen and oxygen atoms in total. The first kappa shape index (κ1) is 33.7. The predicted molar refractivity (Wildman–Crippen MR) is 207 cm³/mol. The van der Waals surface area contributed by atoms with Crippen LogP contribution in [0.15, 0.2) is 146 Å². The Hall–Kier alpha value is -6.41. The zero-order valence-corrected chi connectivity index (χ0v) is 29.9. The summed E-state index contributed by atoms with van der Waals surface area (Å²) in [5.41, 5.74) is 9.32. The number of hydrogen-bond acceptors (Lipinski definition) is 5. The normalized spacial score (nSPS) is 12.9. The number of carbonyl (C=O) groups is 1. The third-order valence-electron chi connectivity index (χ3n) is 10.4. The number of fused-ring (bicyclic) bond motifs is 1. The van der Waals surface area contributed by atoms with Gasteiger partial charge in [0.15, 0.2) is 16.9 Å². The highest BCUT2D eigenvalue weighted by Gasteiger charge is 2.41. The largest absolute Gasteiger partial charge is 0.618 e. The molecule has 8 heteroatoms. The standard InChI is InChI=1S/C45H40N6O2/c1-3-37-30-42-40(41(4-2)50(37)53)28-29-43(52)49(42)31-32-24-26-33(27-25-32)38-22-14-15-23-39(38)44-46-48-51(47-44)45(34-16-8-5-9-17-34,35-18-10-6-11-19-35)36-20-12-7-13-21-36/h5-27,30H,3-4,28-29,31H2,1-2H3. The number of aromatic nitrogens is 5. The summed E-state index contributed by atoms with van der Waals surface area (Å²) in [6.07, 6.45) is 2.22. The van der Waals surface area contributed by atoms with Crippen LogP contribution in [0.25, 0.3) is 22.5 Å². The molecule has 262 valence electrons. The minimum Gasteiger partial charge on any atom is -0.618 e.